The average Bonchev–Trinajstić information content (AvgIpc) is 2.58. The summed E-state index contributed by atoms with van der Waals surface area (Å²) in [6.45, 7) is 2.02. The van der Waals surface area contributed by atoms with Crippen molar-refractivity contribution >= 4 is 21.7 Å². The first kappa shape index (κ1) is 18.9. The highest BCUT2D eigenvalue weighted by Gasteiger charge is 2.25. The number of ether oxygens (including phenoxy) is 1. The number of aromatic hydroxyl groups is 1. The van der Waals surface area contributed by atoms with Crippen LogP contribution in [-0.4, -0.2) is 29.2 Å². The largest absolute Gasteiger partial charge is 0.494 e. The zero-order valence-corrected chi connectivity index (χ0v) is 15.5. The number of methoxy groups -OCH3 is 1. The second kappa shape index (κ2) is 8.10. The van der Waals surface area contributed by atoms with Crippen LogP contribution in [0.1, 0.15) is 33.5 Å². The van der Waals surface area contributed by atoms with Gasteiger partial charge in [0.25, 0.3) is 5.56 Å². The Bertz CT molecular complexity index is 913. The molecule has 0 spiro atoms. The number of carbonyl (C=O) groups is 1. The van der Waals surface area contributed by atoms with E-state index in [-0.39, 0.29) is 23.2 Å². The molecule has 6 nitrogen and oxygen atoms in total. The molecule has 1 N–H and O–H groups in total. The fourth-order valence-corrected chi connectivity index (χ4v) is 3.04. The smallest absolute Gasteiger partial charge is 0.271 e. The highest BCUT2D eigenvalue weighted by molar-refractivity contribution is 9.10. The van der Waals surface area contributed by atoms with Crippen LogP contribution in [0.15, 0.2) is 33.5 Å². The Kier molecular flexibility index (Phi) is 6.12. The van der Waals surface area contributed by atoms with E-state index in [0.717, 1.165) is 4.57 Å². The Morgan fingerprint density at radius 2 is 2.08 bits per heavy atom. The van der Waals surface area contributed by atoms with Gasteiger partial charge in [-0.3, -0.25) is 14.2 Å². The summed E-state index contributed by atoms with van der Waals surface area (Å²) in [5, 5.41) is 19.9. The van der Waals surface area contributed by atoms with E-state index in [2.05, 4.69) is 15.9 Å². The minimum Gasteiger partial charge on any atom is -0.494 e. The molecular formula is C18H17BrN2O4. The van der Waals surface area contributed by atoms with Crippen molar-refractivity contribution in [1.29, 1.82) is 5.26 Å². The number of hydrogen-bond acceptors (Lipinski definition) is 5. The van der Waals surface area contributed by atoms with Crippen LogP contribution >= 0.6 is 15.9 Å². The molecule has 0 unspecified atom stereocenters. The van der Waals surface area contributed by atoms with Gasteiger partial charge >= 0.3 is 0 Å². The molecule has 0 fully saturated rings. The summed E-state index contributed by atoms with van der Waals surface area (Å²) in [4.78, 5) is 25.4. The topological polar surface area (TPSA) is 92.3 Å². The molecular weight excluding hydrogens is 388 g/mol. The second-order valence-corrected chi connectivity index (χ2v) is 6.28. The van der Waals surface area contributed by atoms with Crippen LogP contribution in [0.5, 0.6) is 5.88 Å². The lowest BCUT2D eigenvalue weighted by Gasteiger charge is -2.16. The normalized spacial score (nSPS) is 10.5. The van der Waals surface area contributed by atoms with Crippen LogP contribution < -0.4 is 5.56 Å². The van der Waals surface area contributed by atoms with Gasteiger partial charge in [-0.05, 0) is 31.0 Å². The first-order chi connectivity index (χ1) is 11.9. The Balaban J connectivity index is 2.67. The number of benzene rings is 1. The monoisotopic (exact) mass is 404 g/mol. The van der Waals surface area contributed by atoms with Crippen molar-refractivity contribution in [2.45, 2.75) is 19.9 Å². The summed E-state index contributed by atoms with van der Waals surface area (Å²) in [5.41, 5.74) is -0.288. The summed E-state index contributed by atoms with van der Waals surface area (Å²) in [6, 6.07) is 8.62. The van der Waals surface area contributed by atoms with E-state index in [1.165, 1.54) is 14.0 Å². The van der Waals surface area contributed by atoms with Crippen LogP contribution in [0.3, 0.4) is 0 Å². The first-order valence-corrected chi connectivity index (χ1v) is 8.38. The van der Waals surface area contributed by atoms with Crippen LogP contribution in [0, 0.1) is 18.3 Å². The van der Waals surface area contributed by atoms with Crippen molar-refractivity contribution in [2.75, 3.05) is 13.7 Å². The van der Waals surface area contributed by atoms with Crippen molar-refractivity contribution in [3.8, 4) is 11.9 Å². The Morgan fingerprint density at radius 1 is 1.40 bits per heavy atom. The summed E-state index contributed by atoms with van der Waals surface area (Å²) in [7, 11) is 1.53. The molecule has 0 saturated heterocycles. The molecule has 1 aromatic heterocycles. The van der Waals surface area contributed by atoms with Gasteiger partial charge in [0.2, 0.25) is 5.88 Å². The van der Waals surface area contributed by atoms with Crippen LogP contribution in [0.4, 0.5) is 0 Å². The molecule has 0 aliphatic heterocycles. The van der Waals surface area contributed by atoms with Gasteiger partial charge in [0.1, 0.15) is 11.6 Å². The van der Waals surface area contributed by atoms with Gasteiger partial charge in [-0.25, -0.2) is 0 Å². The van der Waals surface area contributed by atoms with E-state index in [9.17, 15) is 20.0 Å². The number of pyridine rings is 1. The minimum atomic E-state index is -0.614. The molecule has 2 rings (SSSR count). The van der Waals surface area contributed by atoms with Gasteiger partial charge in [0.15, 0.2) is 5.78 Å². The number of ketones is 1. The maximum Gasteiger partial charge on any atom is 0.271 e. The fourth-order valence-electron chi connectivity index (χ4n) is 2.58. The van der Waals surface area contributed by atoms with Crippen LogP contribution in [0.25, 0.3) is 0 Å². The Morgan fingerprint density at radius 3 is 2.68 bits per heavy atom. The Labute approximate surface area is 153 Å². The maximum absolute atomic E-state index is 12.9. The number of nitrogens with zero attached hydrogens (tertiary/aromatic N) is 2. The quantitative estimate of drug-likeness (QED) is 0.590. The van der Waals surface area contributed by atoms with Gasteiger partial charge in [0, 0.05) is 30.3 Å². The molecule has 0 radical (unpaired) electrons. The molecule has 130 valence electrons. The SMILES string of the molecule is COCCCn1c(O)c(C(=O)c2ccccc2Br)c(C)c(C#N)c1=O. The molecule has 25 heavy (non-hydrogen) atoms. The van der Waals surface area contributed by atoms with Crippen molar-refractivity contribution in [1.82, 2.24) is 4.57 Å². The van der Waals surface area contributed by atoms with Crippen LogP contribution in [0.2, 0.25) is 0 Å². The molecule has 0 bridgehead atoms. The summed E-state index contributed by atoms with van der Waals surface area (Å²) in [6.07, 6.45) is 0.459. The van der Waals surface area contributed by atoms with Crippen LogP contribution in [-0.2, 0) is 11.3 Å². The number of halogens is 1. The van der Waals surface area contributed by atoms with E-state index >= 15 is 0 Å². The Hall–Kier alpha value is -2.43. The van der Waals surface area contributed by atoms with E-state index in [1.54, 1.807) is 24.3 Å². The number of nitriles is 1. The van der Waals surface area contributed by atoms with E-state index < -0.39 is 17.2 Å². The lowest BCUT2D eigenvalue weighted by molar-refractivity contribution is 0.103. The number of carbonyl (C=O) groups excluding carboxylic acids is 1. The van der Waals surface area contributed by atoms with Gasteiger partial charge in [-0.1, -0.05) is 28.1 Å². The first-order valence-electron chi connectivity index (χ1n) is 7.58. The predicted octanol–water partition coefficient (Wildman–Crippen LogP) is 2.76. The zero-order chi connectivity index (χ0) is 18.6. The molecule has 0 aliphatic carbocycles. The number of aromatic nitrogens is 1. The molecule has 2 aromatic rings. The van der Waals surface area contributed by atoms with E-state index in [1.807, 2.05) is 6.07 Å². The standard InChI is InChI=1S/C18H17BrN2O4/c1-11-13(10-20)17(23)21(8-5-9-25-2)18(24)15(11)16(22)12-6-3-4-7-14(12)19/h3-4,6-7,24H,5,8-9H2,1-2H3. The van der Waals surface area contributed by atoms with Crippen molar-refractivity contribution < 1.29 is 14.6 Å². The lowest BCUT2D eigenvalue weighted by Crippen LogP contribution is -2.27. The second-order valence-electron chi connectivity index (χ2n) is 5.42. The summed E-state index contributed by atoms with van der Waals surface area (Å²) < 4.78 is 6.57. The van der Waals surface area contributed by atoms with Crippen molar-refractivity contribution in [3.63, 3.8) is 0 Å². The molecule has 1 heterocycles. The highest BCUT2D eigenvalue weighted by Crippen LogP contribution is 2.27. The zero-order valence-electron chi connectivity index (χ0n) is 13.9. The van der Waals surface area contributed by atoms with Crippen molar-refractivity contribution in [2.24, 2.45) is 0 Å². The number of hydrogen-bond donors (Lipinski definition) is 1. The summed E-state index contributed by atoms with van der Waals surface area (Å²) >= 11 is 3.31. The average molecular weight is 405 g/mol. The third-order valence-electron chi connectivity index (χ3n) is 3.88. The van der Waals surface area contributed by atoms with Gasteiger partial charge in [-0.15, -0.1) is 0 Å². The third-order valence-corrected chi connectivity index (χ3v) is 4.57. The molecule has 0 amide bonds. The third kappa shape index (κ3) is 3.65. The van der Waals surface area contributed by atoms with E-state index in [4.69, 9.17) is 4.74 Å². The highest BCUT2D eigenvalue weighted by atomic mass is 79.9. The fraction of sp³-hybridized carbons (Fsp3) is 0.278. The summed E-state index contributed by atoms with van der Waals surface area (Å²) in [5.74, 6) is -0.891. The molecule has 0 aliphatic rings. The minimum absolute atomic E-state index is 0.0412. The van der Waals surface area contributed by atoms with Crippen molar-refractivity contribution in [3.05, 3.63) is 61.3 Å². The molecule has 7 heteroatoms. The van der Waals surface area contributed by atoms with Gasteiger partial charge in [0.05, 0.1) is 5.56 Å². The van der Waals surface area contributed by atoms with Gasteiger partial charge in [-0.2, -0.15) is 5.26 Å². The number of rotatable bonds is 6. The van der Waals surface area contributed by atoms with Gasteiger partial charge < -0.3 is 9.84 Å². The van der Waals surface area contributed by atoms with E-state index in [0.29, 0.717) is 23.1 Å². The molecule has 0 saturated carbocycles. The lowest BCUT2D eigenvalue weighted by atomic mass is 9.97. The maximum atomic E-state index is 12.9. The predicted molar refractivity (Wildman–Crippen MR) is 95.9 cm³/mol. The molecule has 1 aromatic carbocycles. The molecule has 0 atom stereocenters.